The molecule has 6 heterocycles. The summed E-state index contributed by atoms with van der Waals surface area (Å²) in [7, 11) is 0. The lowest BCUT2D eigenvalue weighted by Gasteiger charge is -2.06. The van der Waals surface area contributed by atoms with Gasteiger partial charge in [-0.1, -0.05) is 47.0 Å². The van der Waals surface area contributed by atoms with Crippen LogP contribution in [0.5, 0.6) is 0 Å². The molecular weight excluding hydrogens is 737 g/mol. The van der Waals surface area contributed by atoms with Gasteiger partial charge in [-0.2, -0.15) is 18.9 Å². The highest BCUT2D eigenvalue weighted by molar-refractivity contribution is 8.44. The molecule has 6 rings (SSSR count). The van der Waals surface area contributed by atoms with Crippen LogP contribution in [0.25, 0.3) is 0 Å². The number of rotatable bonds is 12. The van der Waals surface area contributed by atoms with Gasteiger partial charge in [0.1, 0.15) is 0 Å². The van der Waals surface area contributed by atoms with Crippen LogP contribution in [0.4, 0.5) is 0 Å². The highest BCUT2D eigenvalue weighted by Crippen LogP contribution is 2.66. The molecule has 0 fully saturated rings. The first kappa shape index (κ1) is 33.7. The maximum Gasteiger partial charge on any atom is 0.203 e. The molecule has 0 bridgehead atoms. The van der Waals surface area contributed by atoms with Gasteiger partial charge in [0, 0.05) is 48.5 Å². The number of hydrogen-bond donors (Lipinski definition) is 0. The van der Waals surface area contributed by atoms with E-state index in [4.69, 9.17) is 0 Å². The van der Waals surface area contributed by atoms with Crippen molar-refractivity contribution in [1.82, 2.24) is 0 Å². The molecule has 0 aromatic carbocycles. The topological polar surface area (TPSA) is 108 Å². The Bertz CT molecular complexity index is 1580. The second-order valence-electron chi connectivity index (χ2n) is 9.36. The van der Waals surface area contributed by atoms with E-state index >= 15 is 0 Å². The minimum absolute atomic E-state index is 0.520. The zero-order chi connectivity index (χ0) is 31.9. The third kappa shape index (κ3) is 8.64. The minimum Gasteiger partial charge on any atom is -0.618 e. The van der Waals surface area contributed by atoms with Gasteiger partial charge in [0.25, 0.3) is 0 Å². The molecule has 0 spiro atoms. The van der Waals surface area contributed by atoms with E-state index in [1.165, 1.54) is 24.8 Å². The third-order valence-corrected chi connectivity index (χ3v) is 18.0. The van der Waals surface area contributed by atoms with Crippen LogP contribution < -0.4 is 18.9 Å². The van der Waals surface area contributed by atoms with Gasteiger partial charge < -0.3 is 20.8 Å². The van der Waals surface area contributed by atoms with Gasteiger partial charge in [-0.15, -0.1) is 47.0 Å². The fourth-order valence-electron chi connectivity index (χ4n) is 3.92. The van der Waals surface area contributed by atoms with E-state index in [0.29, 0.717) is 45.8 Å². The van der Waals surface area contributed by atoms with Crippen LogP contribution in [0, 0.1) is 20.8 Å². The molecule has 2 aliphatic heterocycles. The van der Waals surface area contributed by atoms with E-state index in [1.54, 1.807) is 118 Å². The normalized spacial score (nSPS) is 15.0. The SMILES string of the molecule is [O-][n+]1ccccc1CSC1=C(SCc2cccc[n+]2[O-])SC(=C2SC(SCc3cccc[n+]3[O-])=C(SCc3cccc[n+]3[O-])S2)S1. The quantitative estimate of drug-likeness (QED) is 0.105. The summed E-state index contributed by atoms with van der Waals surface area (Å²) in [6.45, 7) is 0. The lowest BCUT2D eigenvalue weighted by atomic mass is 10.4. The molecule has 0 atom stereocenters. The summed E-state index contributed by atoms with van der Waals surface area (Å²) < 4.78 is 10.2. The summed E-state index contributed by atoms with van der Waals surface area (Å²) >= 11 is 13.3. The van der Waals surface area contributed by atoms with Crippen LogP contribution in [0.2, 0.25) is 0 Å². The molecule has 4 aromatic heterocycles. The van der Waals surface area contributed by atoms with E-state index in [-0.39, 0.29) is 0 Å². The van der Waals surface area contributed by atoms with Gasteiger partial charge in [-0.25, -0.2) is 0 Å². The van der Waals surface area contributed by atoms with E-state index in [9.17, 15) is 20.8 Å². The number of thioether (sulfide) groups is 8. The zero-order valence-electron chi connectivity index (χ0n) is 23.8. The fourth-order valence-corrected chi connectivity index (χ4v) is 15.8. The van der Waals surface area contributed by atoms with Crippen molar-refractivity contribution in [2.45, 2.75) is 23.0 Å². The summed E-state index contributed by atoms with van der Waals surface area (Å²) in [5, 5.41) is 49.3. The van der Waals surface area contributed by atoms with Gasteiger partial charge in [-0.05, 0) is 24.3 Å². The predicted molar refractivity (Wildman–Crippen MR) is 198 cm³/mol. The molecule has 0 N–H and O–H groups in total. The molecule has 236 valence electrons. The fraction of sp³-hybridized carbons (Fsp3) is 0.133. The molecule has 0 saturated carbocycles. The average molecular weight is 761 g/mol. The van der Waals surface area contributed by atoms with Gasteiger partial charge in [0.2, 0.25) is 22.8 Å². The van der Waals surface area contributed by atoms with E-state index in [1.807, 2.05) is 48.5 Å². The van der Waals surface area contributed by atoms with E-state index < -0.39 is 0 Å². The van der Waals surface area contributed by atoms with Crippen molar-refractivity contribution in [1.29, 1.82) is 0 Å². The Balaban J connectivity index is 1.22. The summed E-state index contributed by atoms with van der Waals surface area (Å²) in [4.78, 5) is 0. The van der Waals surface area contributed by atoms with Crippen molar-refractivity contribution in [2.75, 3.05) is 0 Å². The lowest BCUT2D eigenvalue weighted by Crippen LogP contribution is -2.30. The molecule has 4 aromatic rings. The van der Waals surface area contributed by atoms with E-state index in [2.05, 4.69) is 0 Å². The van der Waals surface area contributed by atoms with Crippen LogP contribution in [-0.4, -0.2) is 0 Å². The Morgan fingerprint density at radius 2 is 0.630 bits per heavy atom. The summed E-state index contributed by atoms with van der Waals surface area (Å²) in [5.74, 6) is 2.08. The van der Waals surface area contributed by atoms with Crippen molar-refractivity contribution in [2.24, 2.45) is 0 Å². The number of nitrogens with zero attached hydrogens (tertiary/aromatic N) is 4. The molecule has 16 heteroatoms. The first-order valence-corrected chi connectivity index (χ1v) is 20.8. The first-order chi connectivity index (χ1) is 22.4. The Kier molecular flexibility index (Phi) is 11.9. The van der Waals surface area contributed by atoms with Crippen molar-refractivity contribution < 1.29 is 18.9 Å². The third-order valence-electron chi connectivity index (χ3n) is 6.26. The molecule has 0 amide bonds. The molecule has 2 aliphatic rings. The van der Waals surface area contributed by atoms with Gasteiger partial charge in [-0.3, -0.25) is 0 Å². The van der Waals surface area contributed by atoms with Gasteiger partial charge >= 0.3 is 0 Å². The molecular formula is C30H24N4O4S8. The van der Waals surface area contributed by atoms with Crippen LogP contribution in [0.1, 0.15) is 22.8 Å². The van der Waals surface area contributed by atoms with Gasteiger partial charge in [0.05, 0.1) is 48.4 Å². The number of pyridine rings is 4. The molecule has 0 unspecified atom stereocenters. The van der Waals surface area contributed by atoms with Crippen LogP contribution in [0.15, 0.2) is 123 Å². The molecule has 0 aliphatic carbocycles. The summed E-state index contributed by atoms with van der Waals surface area (Å²) in [6.07, 6.45) is 6.04. The Morgan fingerprint density at radius 3 is 0.848 bits per heavy atom. The standard InChI is InChI=1S/C30H24N4O4S8/c35-31-13-5-1-9-21(31)17-39-25-26(40-18-22-10-2-6-14-32(22)36)44-29(43-25)30-45-27(41-19-23-11-3-7-15-33(23)37)28(46-30)42-20-24-12-4-8-16-34(24)38/h1-16H,17-20H2. The maximum atomic E-state index is 12.3. The highest BCUT2D eigenvalue weighted by atomic mass is 32.3. The monoisotopic (exact) mass is 760 g/mol. The van der Waals surface area contributed by atoms with Gasteiger partial charge in [0.15, 0.2) is 24.8 Å². The predicted octanol–water partition coefficient (Wildman–Crippen LogP) is 7.59. The average Bonchev–Trinajstić information content (AvgIpc) is 3.67. The Labute approximate surface area is 300 Å². The Morgan fingerprint density at radius 1 is 0.391 bits per heavy atom. The zero-order valence-corrected chi connectivity index (χ0v) is 30.3. The van der Waals surface area contributed by atoms with Crippen LogP contribution >= 0.6 is 94.1 Å². The van der Waals surface area contributed by atoms with Crippen LogP contribution in [0.3, 0.4) is 0 Å². The number of aromatic nitrogens is 4. The van der Waals surface area contributed by atoms with Crippen molar-refractivity contribution >= 4 is 94.1 Å². The number of hydrogen-bond acceptors (Lipinski definition) is 12. The van der Waals surface area contributed by atoms with Crippen LogP contribution in [-0.2, 0) is 23.0 Å². The lowest BCUT2D eigenvalue weighted by molar-refractivity contribution is -0.613. The van der Waals surface area contributed by atoms with Crippen molar-refractivity contribution in [3.63, 3.8) is 0 Å². The first-order valence-electron chi connectivity index (χ1n) is 13.6. The molecule has 46 heavy (non-hydrogen) atoms. The summed E-state index contributed by atoms with van der Waals surface area (Å²) in [5.41, 5.74) is 2.70. The largest absolute Gasteiger partial charge is 0.618 e. The molecule has 8 nitrogen and oxygen atoms in total. The van der Waals surface area contributed by atoms with Crippen molar-refractivity contribution in [3.05, 3.63) is 167 Å². The summed E-state index contributed by atoms with van der Waals surface area (Å²) in [6, 6.07) is 21.7. The maximum absolute atomic E-state index is 12.3. The smallest absolute Gasteiger partial charge is 0.203 e. The van der Waals surface area contributed by atoms with E-state index in [0.717, 1.165) is 44.3 Å². The molecule has 0 saturated heterocycles. The Hall–Kier alpha value is -2.18. The second-order valence-corrected chi connectivity index (χ2v) is 18.9. The minimum atomic E-state index is 0.520. The molecule has 0 radical (unpaired) electrons. The van der Waals surface area contributed by atoms with Crippen molar-refractivity contribution in [3.8, 4) is 0 Å². The second kappa shape index (κ2) is 16.3. The highest BCUT2D eigenvalue weighted by Gasteiger charge is 2.32.